The number of aryl methyl sites for hydroxylation is 1. The van der Waals surface area contributed by atoms with Crippen LogP contribution >= 0.6 is 0 Å². The Bertz CT molecular complexity index is 329. The van der Waals surface area contributed by atoms with E-state index in [-0.39, 0.29) is 0 Å². The SMILES string of the molecule is C=C(/C=C/c1cccc(C)c1)NO. The summed E-state index contributed by atoms with van der Waals surface area (Å²) in [6, 6.07) is 8.08. The van der Waals surface area contributed by atoms with Gasteiger partial charge in [0.1, 0.15) is 0 Å². The van der Waals surface area contributed by atoms with Crippen LogP contribution in [-0.2, 0) is 0 Å². The Kier molecular flexibility index (Phi) is 3.29. The number of rotatable bonds is 3. The molecule has 0 aromatic heterocycles. The van der Waals surface area contributed by atoms with Crippen molar-refractivity contribution in [3.8, 4) is 0 Å². The summed E-state index contributed by atoms with van der Waals surface area (Å²) < 4.78 is 0. The molecule has 1 aromatic carbocycles. The molecule has 0 fully saturated rings. The predicted molar refractivity (Wildman–Crippen MR) is 54.3 cm³/mol. The third-order valence-electron chi connectivity index (χ3n) is 1.66. The van der Waals surface area contributed by atoms with Crippen molar-refractivity contribution in [1.29, 1.82) is 0 Å². The molecule has 0 atom stereocenters. The molecular weight excluding hydrogens is 162 g/mol. The van der Waals surface area contributed by atoms with Crippen molar-refractivity contribution >= 4 is 6.08 Å². The van der Waals surface area contributed by atoms with E-state index >= 15 is 0 Å². The van der Waals surface area contributed by atoms with Crippen molar-refractivity contribution in [2.24, 2.45) is 0 Å². The van der Waals surface area contributed by atoms with Crippen LogP contribution in [0.2, 0.25) is 0 Å². The molecule has 2 nitrogen and oxygen atoms in total. The first-order chi connectivity index (χ1) is 6.22. The van der Waals surface area contributed by atoms with Crippen molar-refractivity contribution in [2.45, 2.75) is 6.92 Å². The Morgan fingerprint density at radius 2 is 2.31 bits per heavy atom. The zero-order chi connectivity index (χ0) is 9.68. The van der Waals surface area contributed by atoms with Gasteiger partial charge in [0.25, 0.3) is 0 Å². The predicted octanol–water partition coefficient (Wildman–Crippen LogP) is 2.50. The summed E-state index contributed by atoms with van der Waals surface area (Å²) in [6.07, 6.45) is 3.60. The van der Waals surface area contributed by atoms with E-state index in [0.29, 0.717) is 5.70 Å². The van der Waals surface area contributed by atoms with Gasteiger partial charge < -0.3 is 0 Å². The molecule has 1 aromatic rings. The molecule has 2 heteroatoms. The van der Waals surface area contributed by atoms with Crippen molar-refractivity contribution in [2.75, 3.05) is 0 Å². The van der Waals surface area contributed by atoms with Gasteiger partial charge in [0.05, 0.1) is 5.70 Å². The van der Waals surface area contributed by atoms with E-state index in [2.05, 4.69) is 12.6 Å². The number of hydroxylamine groups is 1. The van der Waals surface area contributed by atoms with E-state index in [4.69, 9.17) is 5.21 Å². The van der Waals surface area contributed by atoms with Gasteiger partial charge in [-0.05, 0) is 18.6 Å². The maximum atomic E-state index is 8.47. The van der Waals surface area contributed by atoms with E-state index < -0.39 is 0 Å². The highest BCUT2D eigenvalue weighted by Crippen LogP contribution is 2.06. The topological polar surface area (TPSA) is 32.3 Å². The fraction of sp³-hybridized carbons (Fsp3) is 0.0909. The summed E-state index contributed by atoms with van der Waals surface area (Å²) in [5.41, 5.74) is 4.75. The number of hydrogen-bond acceptors (Lipinski definition) is 2. The normalized spacial score (nSPS) is 10.3. The van der Waals surface area contributed by atoms with Gasteiger partial charge >= 0.3 is 0 Å². The lowest BCUT2D eigenvalue weighted by Gasteiger charge is -1.96. The van der Waals surface area contributed by atoms with Crippen LogP contribution in [0.15, 0.2) is 42.6 Å². The fourth-order valence-corrected chi connectivity index (χ4v) is 1.01. The summed E-state index contributed by atoms with van der Waals surface area (Å²) in [4.78, 5) is 0. The summed E-state index contributed by atoms with van der Waals surface area (Å²) in [5, 5.41) is 8.47. The first-order valence-corrected chi connectivity index (χ1v) is 4.06. The Balaban J connectivity index is 2.74. The maximum absolute atomic E-state index is 8.47. The average Bonchev–Trinajstić information content (AvgIpc) is 2.14. The molecule has 2 N–H and O–H groups in total. The van der Waals surface area contributed by atoms with E-state index in [1.54, 1.807) is 6.08 Å². The molecule has 0 unspecified atom stereocenters. The number of nitrogens with one attached hydrogen (secondary N) is 1. The van der Waals surface area contributed by atoms with E-state index in [1.165, 1.54) is 5.56 Å². The van der Waals surface area contributed by atoms with Gasteiger partial charge in [-0.3, -0.25) is 10.7 Å². The van der Waals surface area contributed by atoms with Crippen LogP contribution in [0.3, 0.4) is 0 Å². The molecular formula is C11H13NO. The van der Waals surface area contributed by atoms with Gasteiger partial charge in [0.15, 0.2) is 0 Å². The fourth-order valence-electron chi connectivity index (χ4n) is 1.01. The lowest BCUT2D eigenvalue weighted by molar-refractivity contribution is 0.205. The third-order valence-corrected chi connectivity index (χ3v) is 1.66. The molecule has 0 aliphatic rings. The van der Waals surface area contributed by atoms with E-state index in [9.17, 15) is 0 Å². The molecule has 0 heterocycles. The first kappa shape index (κ1) is 9.55. The minimum atomic E-state index is 0.474. The number of allylic oxidation sites excluding steroid dienone is 1. The van der Waals surface area contributed by atoms with Gasteiger partial charge in [-0.25, -0.2) is 0 Å². The average molecular weight is 175 g/mol. The van der Waals surface area contributed by atoms with Gasteiger partial charge in [0.2, 0.25) is 0 Å². The Hall–Kier alpha value is -1.54. The molecule has 13 heavy (non-hydrogen) atoms. The second-order valence-corrected chi connectivity index (χ2v) is 2.88. The molecule has 0 saturated carbocycles. The highest BCUT2D eigenvalue weighted by atomic mass is 16.5. The van der Waals surface area contributed by atoms with Crippen LogP contribution in [0.5, 0.6) is 0 Å². The highest BCUT2D eigenvalue weighted by Gasteiger charge is 1.87. The highest BCUT2D eigenvalue weighted by molar-refractivity contribution is 5.52. The zero-order valence-corrected chi connectivity index (χ0v) is 7.62. The molecule has 68 valence electrons. The van der Waals surface area contributed by atoms with Crippen LogP contribution in [0, 0.1) is 6.92 Å². The molecule has 0 saturated heterocycles. The number of benzene rings is 1. The lowest BCUT2D eigenvalue weighted by Crippen LogP contribution is -2.01. The number of hydrogen-bond donors (Lipinski definition) is 2. The molecule has 0 aliphatic heterocycles. The van der Waals surface area contributed by atoms with Gasteiger partial charge in [-0.2, -0.15) is 0 Å². The van der Waals surface area contributed by atoms with Crippen LogP contribution < -0.4 is 5.48 Å². The molecule has 0 bridgehead atoms. The molecule has 0 aliphatic carbocycles. The van der Waals surface area contributed by atoms with Crippen molar-refractivity contribution in [3.05, 3.63) is 53.7 Å². The molecule has 0 amide bonds. The Labute approximate surface area is 78.2 Å². The second kappa shape index (κ2) is 4.48. The van der Waals surface area contributed by atoms with E-state index in [0.717, 1.165) is 5.56 Å². The van der Waals surface area contributed by atoms with Gasteiger partial charge in [-0.15, -0.1) is 0 Å². The molecule has 0 radical (unpaired) electrons. The summed E-state index contributed by atoms with van der Waals surface area (Å²) in [5.74, 6) is 0. The quantitative estimate of drug-likeness (QED) is 0.546. The largest absolute Gasteiger partial charge is 0.291 e. The zero-order valence-electron chi connectivity index (χ0n) is 7.62. The van der Waals surface area contributed by atoms with Crippen LogP contribution in [0.4, 0.5) is 0 Å². The van der Waals surface area contributed by atoms with Gasteiger partial charge in [0, 0.05) is 0 Å². The van der Waals surface area contributed by atoms with Crippen LogP contribution in [-0.4, -0.2) is 5.21 Å². The van der Waals surface area contributed by atoms with E-state index in [1.807, 2.05) is 36.7 Å². The minimum Gasteiger partial charge on any atom is -0.291 e. The maximum Gasteiger partial charge on any atom is 0.0530 e. The van der Waals surface area contributed by atoms with Crippen LogP contribution in [0.1, 0.15) is 11.1 Å². The van der Waals surface area contributed by atoms with Crippen molar-refractivity contribution in [1.82, 2.24) is 5.48 Å². The smallest absolute Gasteiger partial charge is 0.0530 e. The minimum absolute atomic E-state index is 0.474. The Morgan fingerprint density at radius 3 is 2.92 bits per heavy atom. The van der Waals surface area contributed by atoms with Gasteiger partial charge in [-0.1, -0.05) is 42.5 Å². The van der Waals surface area contributed by atoms with Crippen molar-refractivity contribution < 1.29 is 5.21 Å². The van der Waals surface area contributed by atoms with Crippen molar-refractivity contribution in [3.63, 3.8) is 0 Å². The summed E-state index contributed by atoms with van der Waals surface area (Å²) in [7, 11) is 0. The standard InChI is InChI=1S/C11H13NO/c1-9-4-3-5-11(8-9)7-6-10(2)12-13/h3-8,12-13H,2H2,1H3/b7-6+. The summed E-state index contributed by atoms with van der Waals surface area (Å²) >= 11 is 0. The summed E-state index contributed by atoms with van der Waals surface area (Å²) in [6.45, 7) is 5.60. The first-order valence-electron chi connectivity index (χ1n) is 4.06. The second-order valence-electron chi connectivity index (χ2n) is 2.88. The Morgan fingerprint density at radius 1 is 1.54 bits per heavy atom. The monoisotopic (exact) mass is 175 g/mol. The van der Waals surface area contributed by atoms with Crippen LogP contribution in [0.25, 0.3) is 6.08 Å². The lowest BCUT2D eigenvalue weighted by atomic mass is 10.1. The third kappa shape index (κ3) is 3.13. The molecule has 1 rings (SSSR count). The molecule has 0 spiro atoms.